The topological polar surface area (TPSA) is 63.2 Å². The van der Waals surface area contributed by atoms with Crippen molar-refractivity contribution in [2.24, 2.45) is 5.92 Å². The Hall–Kier alpha value is -0.750. The highest BCUT2D eigenvalue weighted by molar-refractivity contribution is 6.31. The number of amides is 1. The van der Waals surface area contributed by atoms with Gasteiger partial charge in [-0.3, -0.25) is 4.79 Å². The second-order valence-corrected chi connectivity index (χ2v) is 5.63. The van der Waals surface area contributed by atoms with Gasteiger partial charge in [0.1, 0.15) is 11.6 Å². The summed E-state index contributed by atoms with van der Waals surface area (Å²) in [5, 5.41) is 6.67. The summed E-state index contributed by atoms with van der Waals surface area (Å²) in [6.07, 6.45) is 5.54. The largest absolute Gasteiger partial charge is 0.475 e. The first-order chi connectivity index (χ1) is 10.3. The molecular formula is C15H24Cl3N3O2. The summed E-state index contributed by atoms with van der Waals surface area (Å²) < 4.78 is 5.42. The highest BCUT2D eigenvalue weighted by atomic mass is 35.5. The van der Waals surface area contributed by atoms with Crippen molar-refractivity contribution in [1.29, 1.82) is 0 Å². The summed E-state index contributed by atoms with van der Waals surface area (Å²) in [7, 11) is 0. The van der Waals surface area contributed by atoms with Crippen LogP contribution in [0.4, 0.5) is 0 Å². The maximum atomic E-state index is 11.7. The number of hydrogen-bond acceptors (Lipinski definition) is 4. The summed E-state index contributed by atoms with van der Waals surface area (Å²) in [5.74, 6) is 1.17. The van der Waals surface area contributed by atoms with Crippen molar-refractivity contribution in [3.05, 3.63) is 23.4 Å². The molecule has 132 valence electrons. The van der Waals surface area contributed by atoms with E-state index in [2.05, 4.69) is 15.6 Å². The lowest BCUT2D eigenvalue weighted by atomic mass is 9.93. The van der Waals surface area contributed by atoms with Gasteiger partial charge >= 0.3 is 0 Å². The lowest BCUT2D eigenvalue weighted by Gasteiger charge is -2.22. The number of ether oxygens (including phenoxy) is 1. The summed E-state index contributed by atoms with van der Waals surface area (Å²) in [6, 6.07) is 3.47. The van der Waals surface area contributed by atoms with Gasteiger partial charge in [0.05, 0.1) is 6.54 Å². The highest BCUT2D eigenvalue weighted by Crippen LogP contribution is 2.19. The number of aromatic nitrogens is 1. The Morgan fingerprint density at radius 3 is 2.83 bits per heavy atom. The van der Waals surface area contributed by atoms with Gasteiger partial charge in [0.2, 0.25) is 11.8 Å². The van der Waals surface area contributed by atoms with Crippen molar-refractivity contribution >= 4 is 42.3 Å². The molecule has 0 saturated carbocycles. The normalized spacial score (nSPS) is 14.3. The van der Waals surface area contributed by atoms with Gasteiger partial charge in [-0.05, 0) is 50.4 Å². The molecule has 2 heterocycles. The number of piperidine rings is 1. The molecule has 0 radical (unpaired) electrons. The Balaban J connectivity index is 0.00000242. The first-order valence-electron chi connectivity index (χ1n) is 7.46. The van der Waals surface area contributed by atoms with Crippen LogP contribution in [-0.4, -0.2) is 37.1 Å². The van der Waals surface area contributed by atoms with Crippen LogP contribution in [0, 0.1) is 5.92 Å². The molecule has 0 atom stereocenters. The Kier molecular flexibility index (Phi) is 12.2. The monoisotopic (exact) mass is 383 g/mol. The van der Waals surface area contributed by atoms with Gasteiger partial charge in [-0.25, -0.2) is 4.98 Å². The second-order valence-electron chi connectivity index (χ2n) is 5.22. The van der Waals surface area contributed by atoms with E-state index in [4.69, 9.17) is 16.3 Å². The van der Waals surface area contributed by atoms with E-state index < -0.39 is 0 Å². The zero-order chi connectivity index (χ0) is 14.9. The molecule has 1 fully saturated rings. The summed E-state index contributed by atoms with van der Waals surface area (Å²) in [6.45, 7) is 2.99. The fourth-order valence-electron chi connectivity index (χ4n) is 2.41. The highest BCUT2D eigenvalue weighted by Gasteiger charge is 2.14. The average molecular weight is 385 g/mol. The fourth-order valence-corrected chi connectivity index (χ4v) is 2.59. The fraction of sp³-hybridized carbons (Fsp3) is 0.600. The van der Waals surface area contributed by atoms with Crippen LogP contribution in [0.2, 0.25) is 5.02 Å². The number of rotatable bonds is 7. The number of pyridine rings is 1. The first-order valence-corrected chi connectivity index (χ1v) is 7.84. The van der Waals surface area contributed by atoms with Crippen LogP contribution in [0.3, 0.4) is 0 Å². The minimum atomic E-state index is 0. The van der Waals surface area contributed by atoms with Gasteiger partial charge in [0.15, 0.2) is 0 Å². The van der Waals surface area contributed by atoms with E-state index in [9.17, 15) is 4.79 Å². The molecule has 2 N–H and O–H groups in total. The van der Waals surface area contributed by atoms with E-state index in [-0.39, 0.29) is 30.7 Å². The molecule has 1 aromatic rings. The number of carbonyl (C=O) groups is 1. The predicted octanol–water partition coefficient (Wildman–Crippen LogP) is 2.85. The Labute approximate surface area is 154 Å². The molecule has 1 aliphatic heterocycles. The number of halogens is 3. The van der Waals surface area contributed by atoms with Crippen LogP contribution in [0.1, 0.15) is 25.7 Å². The van der Waals surface area contributed by atoms with Crippen molar-refractivity contribution in [2.75, 3.05) is 26.2 Å². The van der Waals surface area contributed by atoms with Crippen LogP contribution < -0.4 is 15.4 Å². The number of carbonyl (C=O) groups excluding carboxylic acids is 1. The molecule has 0 unspecified atom stereocenters. The van der Waals surface area contributed by atoms with Crippen molar-refractivity contribution in [3.8, 4) is 5.88 Å². The van der Waals surface area contributed by atoms with E-state index in [1.807, 2.05) is 0 Å². The van der Waals surface area contributed by atoms with Crippen molar-refractivity contribution in [1.82, 2.24) is 15.6 Å². The molecule has 1 saturated heterocycles. The quantitative estimate of drug-likeness (QED) is 0.710. The SMILES string of the molecule is Cl.Cl.O=C(CCC1CCNCC1)NCCOc1ncccc1Cl. The van der Waals surface area contributed by atoms with Crippen LogP contribution in [0.15, 0.2) is 18.3 Å². The summed E-state index contributed by atoms with van der Waals surface area (Å²) in [5.41, 5.74) is 0. The third-order valence-electron chi connectivity index (χ3n) is 3.63. The maximum Gasteiger partial charge on any atom is 0.232 e. The van der Waals surface area contributed by atoms with E-state index in [1.54, 1.807) is 18.3 Å². The average Bonchev–Trinajstić information content (AvgIpc) is 2.52. The molecule has 1 aliphatic rings. The van der Waals surface area contributed by atoms with Gasteiger partial charge in [0, 0.05) is 12.6 Å². The van der Waals surface area contributed by atoms with E-state index in [1.165, 1.54) is 12.8 Å². The molecular weight excluding hydrogens is 361 g/mol. The molecule has 0 aromatic carbocycles. The van der Waals surface area contributed by atoms with Crippen LogP contribution in [0.5, 0.6) is 5.88 Å². The molecule has 2 rings (SSSR count). The lowest BCUT2D eigenvalue weighted by Crippen LogP contribution is -2.31. The minimum Gasteiger partial charge on any atom is -0.475 e. The molecule has 8 heteroatoms. The van der Waals surface area contributed by atoms with Gasteiger partial charge in [-0.15, -0.1) is 24.8 Å². The minimum absolute atomic E-state index is 0. The zero-order valence-electron chi connectivity index (χ0n) is 12.9. The van der Waals surface area contributed by atoms with Gasteiger partial charge < -0.3 is 15.4 Å². The predicted molar refractivity (Wildman–Crippen MR) is 97.1 cm³/mol. The van der Waals surface area contributed by atoms with Crippen LogP contribution in [0.25, 0.3) is 0 Å². The summed E-state index contributed by atoms with van der Waals surface area (Å²) >= 11 is 5.92. The van der Waals surface area contributed by atoms with Gasteiger partial charge in [-0.1, -0.05) is 11.6 Å². The standard InChI is InChI=1S/C15H22ClN3O2.2ClH/c16-13-2-1-7-19-15(13)21-11-10-18-14(20)4-3-12-5-8-17-9-6-12;;/h1-2,7,12,17H,3-6,8-11H2,(H,18,20);2*1H. The Morgan fingerprint density at radius 2 is 2.13 bits per heavy atom. The van der Waals surface area contributed by atoms with Gasteiger partial charge in [0.25, 0.3) is 0 Å². The molecule has 5 nitrogen and oxygen atoms in total. The molecule has 23 heavy (non-hydrogen) atoms. The Morgan fingerprint density at radius 1 is 1.39 bits per heavy atom. The van der Waals surface area contributed by atoms with Crippen molar-refractivity contribution in [3.63, 3.8) is 0 Å². The second kappa shape index (κ2) is 12.6. The van der Waals surface area contributed by atoms with Gasteiger partial charge in [-0.2, -0.15) is 0 Å². The zero-order valence-corrected chi connectivity index (χ0v) is 15.3. The molecule has 0 bridgehead atoms. The molecule has 1 amide bonds. The summed E-state index contributed by atoms with van der Waals surface area (Å²) in [4.78, 5) is 15.8. The maximum absolute atomic E-state index is 11.7. The Bertz CT molecular complexity index is 457. The van der Waals surface area contributed by atoms with E-state index in [0.29, 0.717) is 36.4 Å². The van der Waals surface area contributed by atoms with Crippen molar-refractivity contribution < 1.29 is 9.53 Å². The van der Waals surface area contributed by atoms with E-state index >= 15 is 0 Å². The number of nitrogens with one attached hydrogen (secondary N) is 2. The molecule has 0 spiro atoms. The first kappa shape index (κ1) is 22.2. The van der Waals surface area contributed by atoms with Crippen LogP contribution >= 0.6 is 36.4 Å². The lowest BCUT2D eigenvalue weighted by molar-refractivity contribution is -0.121. The third kappa shape index (κ3) is 8.61. The smallest absolute Gasteiger partial charge is 0.232 e. The van der Waals surface area contributed by atoms with Crippen LogP contribution in [-0.2, 0) is 4.79 Å². The molecule has 1 aromatic heterocycles. The third-order valence-corrected chi connectivity index (χ3v) is 3.91. The van der Waals surface area contributed by atoms with Crippen molar-refractivity contribution in [2.45, 2.75) is 25.7 Å². The van der Waals surface area contributed by atoms with E-state index in [0.717, 1.165) is 19.5 Å². The number of hydrogen-bond donors (Lipinski definition) is 2. The number of nitrogens with zero attached hydrogens (tertiary/aromatic N) is 1. The molecule has 0 aliphatic carbocycles.